The van der Waals surface area contributed by atoms with Crippen molar-refractivity contribution in [2.45, 2.75) is 33.6 Å². The smallest absolute Gasteiger partial charge is 0.308 e. The van der Waals surface area contributed by atoms with Gasteiger partial charge in [-0.25, -0.2) is 0 Å². The molecule has 0 saturated carbocycles. The van der Waals surface area contributed by atoms with Crippen molar-refractivity contribution in [3.05, 3.63) is 54.5 Å². The van der Waals surface area contributed by atoms with Gasteiger partial charge in [0.05, 0.1) is 9.95 Å². The molecule has 0 amide bonds. The lowest BCUT2D eigenvalue weighted by Gasteiger charge is -2.18. The van der Waals surface area contributed by atoms with Crippen LogP contribution in [0, 0.1) is 17.0 Å². The molecular weight excluding hydrogens is 417 g/mol. The number of benzene rings is 2. The van der Waals surface area contributed by atoms with Crippen LogP contribution in [-0.2, 0) is 4.79 Å². The van der Waals surface area contributed by atoms with E-state index in [0.29, 0.717) is 17.1 Å². The molecular formula is C18H16Cl3NO5. The van der Waals surface area contributed by atoms with Gasteiger partial charge in [0, 0.05) is 18.6 Å². The molecule has 27 heavy (non-hydrogen) atoms. The normalized spacial score (nSPS) is 10.8. The van der Waals surface area contributed by atoms with E-state index < -0.39 is 16.6 Å². The molecule has 0 heterocycles. The van der Waals surface area contributed by atoms with E-state index in [2.05, 4.69) is 0 Å². The minimum atomic E-state index is -0.682. The van der Waals surface area contributed by atoms with Crippen molar-refractivity contribution < 1.29 is 19.2 Å². The average Bonchev–Trinajstić information content (AvgIpc) is 2.56. The molecule has 2 aromatic carbocycles. The molecule has 6 nitrogen and oxygen atoms in total. The highest BCUT2D eigenvalue weighted by Gasteiger charge is 2.24. The molecule has 9 heteroatoms. The molecule has 2 aromatic rings. The SMILES string of the molecule is CC(=O)Oc1c(C)cc(Oc2c(Cl)cc([N+](=O)[O-])c(Cl)c2Cl)cc1C(C)C. The van der Waals surface area contributed by atoms with Gasteiger partial charge in [0.15, 0.2) is 5.75 Å². The number of hydrogen-bond acceptors (Lipinski definition) is 5. The summed E-state index contributed by atoms with van der Waals surface area (Å²) < 4.78 is 11.1. The molecule has 0 aromatic heterocycles. The molecule has 0 atom stereocenters. The fraction of sp³-hybridized carbons (Fsp3) is 0.278. The van der Waals surface area contributed by atoms with E-state index in [-0.39, 0.29) is 26.7 Å². The molecule has 2 rings (SSSR count). The second-order valence-corrected chi connectivity index (χ2v) is 7.26. The van der Waals surface area contributed by atoms with E-state index >= 15 is 0 Å². The van der Waals surface area contributed by atoms with Gasteiger partial charge in [-0.15, -0.1) is 0 Å². The van der Waals surface area contributed by atoms with Crippen LogP contribution < -0.4 is 9.47 Å². The maximum Gasteiger partial charge on any atom is 0.308 e. The summed E-state index contributed by atoms with van der Waals surface area (Å²) >= 11 is 18.2. The molecule has 0 saturated heterocycles. The molecule has 0 unspecified atom stereocenters. The first kappa shape index (κ1) is 21.3. The minimum Gasteiger partial charge on any atom is -0.454 e. The number of esters is 1. The largest absolute Gasteiger partial charge is 0.454 e. The molecule has 0 N–H and O–H groups in total. The van der Waals surface area contributed by atoms with Gasteiger partial charge in [0.2, 0.25) is 0 Å². The molecule has 0 fully saturated rings. The van der Waals surface area contributed by atoms with Crippen molar-refractivity contribution in [1.29, 1.82) is 0 Å². The van der Waals surface area contributed by atoms with Crippen molar-refractivity contribution in [3.8, 4) is 17.2 Å². The maximum atomic E-state index is 11.4. The number of carbonyl (C=O) groups excluding carboxylic acids is 1. The predicted octanol–water partition coefficient (Wildman–Crippen LogP) is 6.70. The highest BCUT2D eigenvalue weighted by molar-refractivity contribution is 6.46. The highest BCUT2D eigenvalue weighted by Crippen LogP contribution is 2.46. The van der Waals surface area contributed by atoms with Crippen LogP contribution in [0.15, 0.2) is 18.2 Å². The maximum absolute atomic E-state index is 11.4. The van der Waals surface area contributed by atoms with Crippen molar-refractivity contribution >= 4 is 46.5 Å². The average molecular weight is 433 g/mol. The number of ether oxygens (including phenoxy) is 2. The number of halogens is 3. The summed E-state index contributed by atoms with van der Waals surface area (Å²) in [7, 11) is 0. The standard InChI is InChI=1S/C18H16Cl3NO5/c1-8(2)12-6-11(5-9(3)17(12)26-10(4)23)27-18-13(19)7-14(22(24)25)15(20)16(18)21/h5-8H,1-4H3. The summed E-state index contributed by atoms with van der Waals surface area (Å²) in [5.74, 6) is 0.447. The summed E-state index contributed by atoms with van der Waals surface area (Å²) in [5.41, 5.74) is 1.01. The van der Waals surface area contributed by atoms with Gasteiger partial charge in [0.1, 0.15) is 21.5 Å². The number of nitro groups is 1. The Kier molecular flexibility index (Phi) is 6.57. The topological polar surface area (TPSA) is 78.7 Å². The molecule has 0 radical (unpaired) electrons. The summed E-state index contributed by atoms with van der Waals surface area (Å²) in [5, 5.41) is 10.5. The lowest BCUT2D eigenvalue weighted by molar-refractivity contribution is -0.384. The number of hydrogen-bond donors (Lipinski definition) is 0. The first-order chi connectivity index (χ1) is 12.5. The van der Waals surface area contributed by atoms with Crippen LogP contribution in [0.5, 0.6) is 17.2 Å². The zero-order valence-electron chi connectivity index (χ0n) is 14.9. The summed E-state index contributed by atoms with van der Waals surface area (Å²) in [6, 6.07) is 4.42. The molecule has 0 aliphatic carbocycles. The third-order valence-corrected chi connectivity index (χ3v) is 4.78. The molecule has 0 aliphatic heterocycles. The quantitative estimate of drug-likeness (QED) is 0.172. The second kappa shape index (κ2) is 8.33. The first-order valence-corrected chi connectivity index (χ1v) is 8.99. The van der Waals surface area contributed by atoms with Gasteiger partial charge in [-0.05, 0) is 30.5 Å². The third kappa shape index (κ3) is 4.64. The van der Waals surface area contributed by atoms with Crippen LogP contribution in [0.25, 0.3) is 0 Å². The van der Waals surface area contributed by atoms with Crippen molar-refractivity contribution in [1.82, 2.24) is 0 Å². The lowest BCUT2D eigenvalue weighted by atomic mass is 9.99. The van der Waals surface area contributed by atoms with Crippen LogP contribution in [0.1, 0.15) is 37.8 Å². The first-order valence-electron chi connectivity index (χ1n) is 7.85. The van der Waals surface area contributed by atoms with Crippen LogP contribution >= 0.6 is 34.8 Å². The second-order valence-electron chi connectivity index (χ2n) is 6.10. The number of aryl methyl sites for hydroxylation is 1. The fourth-order valence-corrected chi connectivity index (χ4v) is 3.18. The lowest BCUT2D eigenvalue weighted by Crippen LogP contribution is -2.07. The third-order valence-electron chi connectivity index (χ3n) is 3.66. The van der Waals surface area contributed by atoms with Gasteiger partial charge < -0.3 is 9.47 Å². The number of rotatable bonds is 5. The van der Waals surface area contributed by atoms with E-state index in [0.717, 1.165) is 11.6 Å². The van der Waals surface area contributed by atoms with E-state index in [1.54, 1.807) is 19.1 Å². The fourth-order valence-electron chi connectivity index (χ4n) is 2.45. The Morgan fingerprint density at radius 3 is 2.26 bits per heavy atom. The van der Waals surface area contributed by atoms with Crippen LogP contribution in [0.2, 0.25) is 15.1 Å². The summed E-state index contributed by atoms with van der Waals surface area (Å²) in [6.07, 6.45) is 0. The molecule has 0 aliphatic rings. The Morgan fingerprint density at radius 1 is 1.11 bits per heavy atom. The number of nitro benzene ring substituents is 1. The van der Waals surface area contributed by atoms with Gasteiger partial charge in [0.25, 0.3) is 5.69 Å². The van der Waals surface area contributed by atoms with Crippen molar-refractivity contribution in [2.24, 2.45) is 0 Å². The highest BCUT2D eigenvalue weighted by atomic mass is 35.5. The summed E-state index contributed by atoms with van der Waals surface area (Å²) in [6.45, 7) is 6.97. The Hall–Kier alpha value is -2.02. The zero-order valence-corrected chi connectivity index (χ0v) is 17.2. The van der Waals surface area contributed by atoms with E-state index in [9.17, 15) is 14.9 Å². The van der Waals surface area contributed by atoms with Crippen LogP contribution in [0.4, 0.5) is 5.69 Å². The van der Waals surface area contributed by atoms with Gasteiger partial charge in [-0.1, -0.05) is 48.7 Å². The van der Waals surface area contributed by atoms with Crippen LogP contribution in [0.3, 0.4) is 0 Å². The Bertz CT molecular complexity index is 928. The van der Waals surface area contributed by atoms with E-state index in [1.807, 2.05) is 13.8 Å². The Labute approximate surface area is 171 Å². The van der Waals surface area contributed by atoms with Gasteiger partial charge in [-0.3, -0.25) is 14.9 Å². The molecule has 144 valence electrons. The van der Waals surface area contributed by atoms with Crippen LogP contribution in [-0.4, -0.2) is 10.9 Å². The van der Waals surface area contributed by atoms with Gasteiger partial charge >= 0.3 is 5.97 Å². The van der Waals surface area contributed by atoms with E-state index in [4.69, 9.17) is 44.3 Å². The van der Waals surface area contributed by atoms with E-state index in [1.165, 1.54) is 6.92 Å². The Balaban J connectivity index is 2.54. The summed E-state index contributed by atoms with van der Waals surface area (Å²) in [4.78, 5) is 21.7. The molecule has 0 spiro atoms. The predicted molar refractivity (Wildman–Crippen MR) is 105 cm³/mol. The monoisotopic (exact) mass is 431 g/mol. The zero-order chi connectivity index (χ0) is 20.5. The number of carbonyl (C=O) groups is 1. The van der Waals surface area contributed by atoms with Gasteiger partial charge in [-0.2, -0.15) is 0 Å². The number of nitrogens with zero attached hydrogens (tertiary/aromatic N) is 1. The molecule has 0 bridgehead atoms. The van der Waals surface area contributed by atoms with Crippen molar-refractivity contribution in [2.75, 3.05) is 0 Å². The van der Waals surface area contributed by atoms with Crippen molar-refractivity contribution in [3.63, 3.8) is 0 Å². The Morgan fingerprint density at radius 2 is 1.74 bits per heavy atom. The minimum absolute atomic E-state index is 0.00303.